The predicted octanol–water partition coefficient (Wildman–Crippen LogP) is 3.79. The molecule has 0 saturated heterocycles. The number of aromatic nitrogens is 3. The quantitative estimate of drug-likeness (QED) is 0.270. The number of aryl methyl sites for hydroxylation is 1. The molecule has 3 aromatic heterocycles. The molecule has 186 valence electrons. The zero-order valence-corrected chi connectivity index (χ0v) is 22.1. The summed E-state index contributed by atoms with van der Waals surface area (Å²) in [5.74, 6) is -1.72. The van der Waals surface area contributed by atoms with Crippen molar-refractivity contribution in [1.29, 1.82) is 0 Å². The maximum atomic E-state index is 15.1. The van der Waals surface area contributed by atoms with Gasteiger partial charge in [0.25, 0.3) is 5.56 Å². The van der Waals surface area contributed by atoms with Crippen molar-refractivity contribution in [2.45, 2.75) is 6.54 Å². The van der Waals surface area contributed by atoms with E-state index in [0.717, 1.165) is 24.1 Å². The summed E-state index contributed by atoms with van der Waals surface area (Å²) >= 11 is 2.12. The molecule has 0 fully saturated rings. The zero-order valence-electron chi connectivity index (χ0n) is 19.1. The minimum absolute atomic E-state index is 0.0812. The van der Waals surface area contributed by atoms with Crippen molar-refractivity contribution < 1.29 is 17.2 Å². The van der Waals surface area contributed by atoms with Crippen molar-refractivity contribution in [2.24, 2.45) is 7.05 Å². The van der Waals surface area contributed by atoms with Crippen LogP contribution in [0.3, 0.4) is 0 Å². The molecule has 6 rings (SSSR count). The van der Waals surface area contributed by atoms with Gasteiger partial charge in [0.15, 0.2) is 11.6 Å². The normalized spacial score (nSPS) is 15.2. The number of hydrogen-bond acceptors (Lipinski definition) is 6. The predicted molar refractivity (Wildman–Crippen MR) is 143 cm³/mol. The minimum Gasteiger partial charge on any atom is -0.356 e. The van der Waals surface area contributed by atoms with E-state index in [-0.39, 0.29) is 24.5 Å². The fraction of sp³-hybridized carbons (Fsp3) is 0.217. The summed E-state index contributed by atoms with van der Waals surface area (Å²) in [5, 5.41) is 0.664. The molecule has 36 heavy (non-hydrogen) atoms. The third kappa shape index (κ3) is 3.39. The van der Waals surface area contributed by atoms with Crippen molar-refractivity contribution in [3.63, 3.8) is 0 Å². The average Bonchev–Trinajstić information content (AvgIpc) is 3.18. The van der Waals surface area contributed by atoms with E-state index in [9.17, 15) is 17.6 Å². The van der Waals surface area contributed by atoms with Crippen molar-refractivity contribution in [1.82, 2.24) is 14.5 Å². The Labute approximate surface area is 218 Å². The highest BCUT2D eigenvalue weighted by molar-refractivity contribution is 14.1. The Kier molecular flexibility index (Phi) is 5.09. The number of nitrogens with zero attached hydrogens (tertiary/aromatic N) is 5. The van der Waals surface area contributed by atoms with E-state index in [4.69, 9.17) is 0 Å². The monoisotopic (exact) mass is 624 g/mol. The number of benzene rings is 1. The molecule has 0 spiro atoms. The van der Waals surface area contributed by atoms with Crippen LogP contribution in [0.4, 0.5) is 31.7 Å². The fourth-order valence-corrected chi connectivity index (χ4v) is 6.49. The van der Waals surface area contributed by atoms with Gasteiger partial charge in [-0.3, -0.25) is 9.10 Å². The molecule has 2 aliphatic heterocycles. The number of H-pyrrole nitrogens is 1. The van der Waals surface area contributed by atoms with Crippen molar-refractivity contribution in [3.8, 4) is 11.1 Å². The number of nitrogens with one attached hydrogen (secondary N) is 1. The number of sulfonamides is 1. The van der Waals surface area contributed by atoms with Crippen LogP contribution < -0.4 is 17.9 Å². The van der Waals surface area contributed by atoms with Crippen LogP contribution in [-0.2, 0) is 23.6 Å². The van der Waals surface area contributed by atoms with Crippen molar-refractivity contribution in [3.05, 3.63) is 64.3 Å². The van der Waals surface area contributed by atoms with Gasteiger partial charge < -0.3 is 17.6 Å². The van der Waals surface area contributed by atoms with Gasteiger partial charge in [0, 0.05) is 48.6 Å². The van der Waals surface area contributed by atoms with E-state index in [0.29, 0.717) is 45.6 Å². The highest BCUT2D eigenvalue weighted by Gasteiger charge is 2.33. The molecule has 0 amide bonds. The van der Waals surface area contributed by atoms with Gasteiger partial charge in [0.05, 0.1) is 65.5 Å². The van der Waals surface area contributed by atoms with Crippen LogP contribution in [0.25, 0.3) is 22.0 Å². The smallest absolute Gasteiger partial charge is 0.274 e. The summed E-state index contributed by atoms with van der Waals surface area (Å²) in [6.45, 7) is 0.870. The zero-order chi connectivity index (χ0) is 25.5. The van der Waals surface area contributed by atoms with E-state index in [1.807, 2.05) is 3.11 Å². The molecule has 1 N–H and O–H groups in total. The number of hydrogen-bond donors (Lipinski definition) is 1. The second-order valence-corrected chi connectivity index (χ2v) is 11.9. The molecule has 9 nitrogen and oxygen atoms in total. The second-order valence-electron chi connectivity index (χ2n) is 8.85. The Balaban J connectivity index is 1.73. The first kappa shape index (κ1) is 23.2. The Bertz CT molecular complexity index is 1750. The Morgan fingerprint density at radius 2 is 1.86 bits per heavy atom. The first-order valence-electron chi connectivity index (χ1n) is 10.9. The lowest BCUT2D eigenvalue weighted by molar-refractivity contribution is 0.571. The van der Waals surface area contributed by atoms with Crippen molar-refractivity contribution >= 4 is 66.7 Å². The second kappa shape index (κ2) is 7.90. The van der Waals surface area contributed by atoms with Gasteiger partial charge in [-0.1, -0.05) is 0 Å². The van der Waals surface area contributed by atoms with Crippen LogP contribution in [0.2, 0.25) is 0 Å². The van der Waals surface area contributed by atoms with E-state index in [1.54, 1.807) is 36.5 Å². The molecule has 5 heterocycles. The molecular weight excluding hydrogens is 605 g/mol. The van der Waals surface area contributed by atoms with E-state index in [1.165, 1.54) is 8.87 Å². The number of aromatic amines is 1. The molecule has 13 heteroatoms. The summed E-state index contributed by atoms with van der Waals surface area (Å²) in [6.07, 6.45) is 5.50. The molecule has 4 aromatic rings. The minimum atomic E-state index is -3.58. The number of fused-ring (bicyclic) bond motifs is 3. The molecule has 1 aromatic carbocycles. The number of pyridine rings is 2. The van der Waals surface area contributed by atoms with Crippen LogP contribution in [0.1, 0.15) is 5.56 Å². The van der Waals surface area contributed by atoms with Gasteiger partial charge in [-0.2, -0.15) is 0 Å². The third-order valence-corrected chi connectivity index (χ3v) is 8.75. The standard InChI is InChI=1S/C23H19F2IN6O3S/c1-29-11-15-14-6-19-18(31(26)3-4-32(19)36(2,34)35)7-17(14)30(22-16(25)5-13(24)9-28-22)10-12-8-27-21(20(12)15)23(29)33/h5-9,11,27H,3-4,10H2,1-2H3. The highest BCUT2D eigenvalue weighted by atomic mass is 127. The van der Waals surface area contributed by atoms with Crippen LogP contribution in [0, 0.1) is 11.6 Å². The molecule has 0 unspecified atom stereocenters. The Morgan fingerprint density at radius 3 is 2.58 bits per heavy atom. The summed E-state index contributed by atoms with van der Waals surface area (Å²) in [4.78, 5) is 21.6. The topological polar surface area (TPSA) is 94.5 Å². The average molecular weight is 624 g/mol. The summed E-state index contributed by atoms with van der Waals surface area (Å²) in [5.41, 5.74) is 3.83. The Hall–Kier alpha value is -3.20. The van der Waals surface area contributed by atoms with Crippen LogP contribution in [0.15, 0.2) is 41.6 Å². The summed E-state index contributed by atoms with van der Waals surface area (Å²) in [6, 6.07) is 4.33. The largest absolute Gasteiger partial charge is 0.356 e. The molecular formula is C23H19F2IN6O3S. The van der Waals surface area contributed by atoms with E-state index >= 15 is 4.39 Å². The van der Waals surface area contributed by atoms with Gasteiger partial charge >= 0.3 is 0 Å². The van der Waals surface area contributed by atoms with Crippen LogP contribution in [0.5, 0.6) is 0 Å². The van der Waals surface area contributed by atoms with Gasteiger partial charge in [0.2, 0.25) is 10.0 Å². The van der Waals surface area contributed by atoms with Gasteiger partial charge in [0.1, 0.15) is 11.3 Å². The number of rotatable bonds is 2. The SMILES string of the molecule is Cn1cc2c3c(c[nH]c3c1=O)CN(c1ncc(F)cc1F)c1cc3c(cc1-2)N(S(C)(=O)=O)CCN3I. The molecule has 0 aliphatic carbocycles. The Morgan fingerprint density at radius 1 is 1.08 bits per heavy atom. The third-order valence-electron chi connectivity index (χ3n) is 6.56. The van der Waals surface area contributed by atoms with Gasteiger partial charge in [-0.15, -0.1) is 0 Å². The van der Waals surface area contributed by atoms with E-state index < -0.39 is 21.7 Å². The number of halogens is 3. The molecule has 0 saturated carbocycles. The first-order chi connectivity index (χ1) is 17.0. The van der Waals surface area contributed by atoms with Gasteiger partial charge in [-0.25, -0.2) is 22.2 Å². The maximum absolute atomic E-state index is 15.1. The fourth-order valence-electron chi connectivity index (χ4n) is 4.98. The molecule has 0 radical (unpaired) electrons. The lowest BCUT2D eigenvalue weighted by Crippen LogP contribution is -2.40. The highest BCUT2D eigenvalue weighted by Crippen LogP contribution is 2.49. The van der Waals surface area contributed by atoms with Crippen LogP contribution >= 0.6 is 22.9 Å². The maximum Gasteiger partial charge on any atom is 0.274 e. The molecule has 2 aliphatic rings. The number of anilines is 4. The lowest BCUT2D eigenvalue weighted by atomic mass is 9.99. The summed E-state index contributed by atoms with van der Waals surface area (Å²) < 4.78 is 58.8. The van der Waals surface area contributed by atoms with E-state index in [2.05, 4.69) is 32.8 Å². The first-order valence-corrected chi connectivity index (χ1v) is 13.7. The van der Waals surface area contributed by atoms with Crippen molar-refractivity contribution in [2.75, 3.05) is 31.7 Å². The molecule has 0 atom stereocenters. The van der Waals surface area contributed by atoms with Crippen LogP contribution in [-0.4, -0.2) is 42.3 Å². The summed E-state index contributed by atoms with van der Waals surface area (Å²) in [7, 11) is -1.94. The van der Waals surface area contributed by atoms with Gasteiger partial charge in [-0.05, 0) is 17.7 Å². The lowest BCUT2D eigenvalue weighted by Gasteiger charge is -2.36. The molecule has 0 bridgehead atoms.